The van der Waals surface area contributed by atoms with Crippen LogP contribution in [0.25, 0.3) is 0 Å². The minimum absolute atomic E-state index is 0.00779. The van der Waals surface area contributed by atoms with E-state index in [1.54, 1.807) is 31.2 Å². The van der Waals surface area contributed by atoms with Gasteiger partial charge in [0.1, 0.15) is 11.5 Å². The van der Waals surface area contributed by atoms with Gasteiger partial charge in [-0.3, -0.25) is 40.9 Å². The van der Waals surface area contributed by atoms with Gasteiger partial charge >= 0.3 is 0 Å². The third-order valence-corrected chi connectivity index (χ3v) is 5.87. The molecule has 10 nitrogen and oxygen atoms in total. The lowest BCUT2D eigenvalue weighted by molar-refractivity contribution is -0.135. The maximum atomic E-state index is 12.9. The molecule has 2 rings (SSSR count). The molecule has 0 fully saturated rings. The normalized spacial score (nSPS) is 12.2. The van der Waals surface area contributed by atoms with E-state index >= 15 is 0 Å². The van der Waals surface area contributed by atoms with Gasteiger partial charge in [0.05, 0.1) is 17.0 Å². The third-order valence-electron chi connectivity index (χ3n) is 5.87. The lowest BCUT2D eigenvalue weighted by Crippen LogP contribution is -2.50. The highest BCUT2D eigenvalue weighted by molar-refractivity contribution is 5.99. The zero-order valence-corrected chi connectivity index (χ0v) is 20.5. The zero-order chi connectivity index (χ0) is 26.5. The SMILES string of the molecule is CCCCCCCC(C(=O)NNC(=O)c1ccccc1O)C(C)C(=O)NNC(=O)c1ccccc1O. The maximum Gasteiger partial charge on any atom is 0.273 e. The van der Waals surface area contributed by atoms with Crippen molar-refractivity contribution in [2.75, 3.05) is 0 Å². The molecule has 0 aliphatic heterocycles. The van der Waals surface area contributed by atoms with Crippen LogP contribution in [-0.4, -0.2) is 33.8 Å². The minimum Gasteiger partial charge on any atom is -0.507 e. The van der Waals surface area contributed by atoms with Gasteiger partial charge in [0.2, 0.25) is 11.8 Å². The molecule has 0 saturated carbocycles. The summed E-state index contributed by atoms with van der Waals surface area (Å²) in [7, 11) is 0. The molecule has 2 atom stereocenters. The van der Waals surface area contributed by atoms with E-state index in [4.69, 9.17) is 0 Å². The number of phenolic OH excluding ortho intramolecular Hbond substituents is 2. The second-order valence-electron chi connectivity index (χ2n) is 8.52. The van der Waals surface area contributed by atoms with Crippen LogP contribution in [0.5, 0.6) is 11.5 Å². The van der Waals surface area contributed by atoms with E-state index in [2.05, 4.69) is 28.6 Å². The molecule has 0 saturated heterocycles. The van der Waals surface area contributed by atoms with E-state index in [9.17, 15) is 29.4 Å². The second kappa shape index (κ2) is 14.3. The number of hydrazine groups is 2. The van der Waals surface area contributed by atoms with Crippen LogP contribution in [0.1, 0.15) is 73.1 Å². The Balaban J connectivity index is 2.01. The molecule has 0 heterocycles. The molecule has 2 aromatic rings. The molecule has 10 heteroatoms. The molecule has 36 heavy (non-hydrogen) atoms. The first-order valence-corrected chi connectivity index (χ1v) is 12.0. The Hall–Kier alpha value is -4.08. The van der Waals surface area contributed by atoms with Gasteiger partial charge in [-0.1, -0.05) is 70.2 Å². The molecule has 0 aliphatic rings. The maximum absolute atomic E-state index is 12.9. The smallest absolute Gasteiger partial charge is 0.273 e. The summed E-state index contributed by atoms with van der Waals surface area (Å²) in [6.07, 6.45) is 5.13. The minimum atomic E-state index is -0.845. The molecular formula is C26H34N4O6. The molecule has 194 valence electrons. The number of benzene rings is 2. The van der Waals surface area contributed by atoms with Crippen LogP contribution in [0.15, 0.2) is 48.5 Å². The molecule has 0 aliphatic carbocycles. The zero-order valence-electron chi connectivity index (χ0n) is 20.5. The average Bonchev–Trinajstić information content (AvgIpc) is 2.87. The number of rotatable bonds is 11. The highest BCUT2D eigenvalue weighted by Gasteiger charge is 2.30. The average molecular weight is 499 g/mol. The number of hydrogen-bond donors (Lipinski definition) is 6. The molecule has 2 aromatic carbocycles. The van der Waals surface area contributed by atoms with Crippen molar-refractivity contribution in [3.05, 3.63) is 59.7 Å². The number of hydrogen-bond acceptors (Lipinski definition) is 6. The van der Waals surface area contributed by atoms with Crippen molar-refractivity contribution < 1.29 is 29.4 Å². The predicted molar refractivity (Wildman–Crippen MR) is 133 cm³/mol. The van der Waals surface area contributed by atoms with E-state index < -0.39 is 35.5 Å². The van der Waals surface area contributed by atoms with Crippen molar-refractivity contribution in [3.63, 3.8) is 0 Å². The van der Waals surface area contributed by atoms with E-state index in [-0.39, 0.29) is 22.6 Å². The largest absolute Gasteiger partial charge is 0.507 e. The molecule has 0 aromatic heterocycles. The molecule has 0 bridgehead atoms. The Morgan fingerprint density at radius 2 is 1.17 bits per heavy atom. The van der Waals surface area contributed by atoms with Gasteiger partial charge < -0.3 is 10.2 Å². The first-order valence-electron chi connectivity index (χ1n) is 12.0. The molecule has 2 unspecified atom stereocenters. The summed E-state index contributed by atoms with van der Waals surface area (Å²) < 4.78 is 0. The van der Waals surface area contributed by atoms with Crippen molar-refractivity contribution in [2.45, 2.75) is 52.4 Å². The third kappa shape index (κ3) is 8.30. The van der Waals surface area contributed by atoms with Crippen molar-refractivity contribution in [1.29, 1.82) is 0 Å². The number of aromatic hydroxyl groups is 2. The Bertz CT molecular complexity index is 1060. The topological polar surface area (TPSA) is 157 Å². The summed E-state index contributed by atoms with van der Waals surface area (Å²) in [6.45, 7) is 3.65. The Labute approximate surface area is 210 Å². The fraction of sp³-hybridized carbons (Fsp3) is 0.385. The summed E-state index contributed by atoms with van der Waals surface area (Å²) in [5.41, 5.74) is 9.15. The fourth-order valence-corrected chi connectivity index (χ4v) is 3.67. The number of para-hydroxylation sites is 2. The van der Waals surface area contributed by atoms with Crippen LogP contribution in [-0.2, 0) is 9.59 Å². The Kier molecular flexibility index (Phi) is 11.2. The predicted octanol–water partition coefficient (Wildman–Crippen LogP) is 2.93. The van der Waals surface area contributed by atoms with Crippen LogP contribution < -0.4 is 21.7 Å². The molecule has 0 radical (unpaired) electrons. The van der Waals surface area contributed by atoms with Gasteiger partial charge in [0.15, 0.2) is 0 Å². The number of unbranched alkanes of at least 4 members (excludes halogenated alkanes) is 4. The van der Waals surface area contributed by atoms with Crippen LogP contribution >= 0.6 is 0 Å². The molecular weight excluding hydrogens is 464 g/mol. The van der Waals surface area contributed by atoms with E-state index in [1.165, 1.54) is 24.3 Å². The van der Waals surface area contributed by atoms with Crippen LogP contribution in [0.3, 0.4) is 0 Å². The van der Waals surface area contributed by atoms with Crippen LogP contribution in [0.2, 0.25) is 0 Å². The summed E-state index contributed by atoms with van der Waals surface area (Å²) in [5, 5.41) is 19.6. The van der Waals surface area contributed by atoms with Gasteiger partial charge in [-0.2, -0.15) is 0 Å². The van der Waals surface area contributed by atoms with Gasteiger partial charge in [0, 0.05) is 5.92 Å². The lowest BCUT2D eigenvalue weighted by Gasteiger charge is -2.23. The summed E-state index contributed by atoms with van der Waals surface area (Å²) in [4.78, 5) is 50.3. The summed E-state index contributed by atoms with van der Waals surface area (Å²) in [6, 6.07) is 11.8. The van der Waals surface area contributed by atoms with Gasteiger partial charge in [-0.25, -0.2) is 0 Å². The van der Waals surface area contributed by atoms with Crippen molar-refractivity contribution in [3.8, 4) is 11.5 Å². The van der Waals surface area contributed by atoms with E-state index in [1.807, 2.05) is 0 Å². The van der Waals surface area contributed by atoms with E-state index in [0.29, 0.717) is 12.8 Å². The number of carbonyl (C=O) groups is 4. The molecule has 0 spiro atoms. The van der Waals surface area contributed by atoms with Crippen LogP contribution in [0, 0.1) is 11.8 Å². The fourth-order valence-electron chi connectivity index (χ4n) is 3.67. The monoisotopic (exact) mass is 498 g/mol. The summed E-state index contributed by atoms with van der Waals surface area (Å²) in [5.74, 6) is -4.67. The first kappa shape index (κ1) is 28.2. The number of phenols is 2. The first-order chi connectivity index (χ1) is 17.3. The Morgan fingerprint density at radius 1 is 0.694 bits per heavy atom. The number of carbonyl (C=O) groups excluding carboxylic acids is 4. The standard InChI is InChI=1S/C26H34N4O6/c1-3-4-5-6-7-12-18(24(34)28-30-26(36)20-14-9-11-16-22(20)32)17(2)23(33)27-29-25(35)19-13-8-10-15-21(19)31/h8-11,13-18,31-32H,3-7,12H2,1-2H3,(H,27,33)(H,28,34)(H,29,35)(H,30,36). The molecule has 4 amide bonds. The summed E-state index contributed by atoms with van der Waals surface area (Å²) >= 11 is 0. The molecule has 6 N–H and O–H groups in total. The van der Waals surface area contributed by atoms with Gasteiger partial charge in [-0.05, 0) is 30.7 Å². The van der Waals surface area contributed by atoms with Crippen LogP contribution in [0.4, 0.5) is 0 Å². The number of nitrogens with one attached hydrogen (secondary N) is 4. The second-order valence-corrected chi connectivity index (χ2v) is 8.52. The number of amides is 4. The lowest BCUT2D eigenvalue weighted by atomic mass is 9.87. The van der Waals surface area contributed by atoms with E-state index in [0.717, 1.165) is 25.7 Å². The Morgan fingerprint density at radius 3 is 1.67 bits per heavy atom. The van der Waals surface area contributed by atoms with Crippen molar-refractivity contribution >= 4 is 23.6 Å². The van der Waals surface area contributed by atoms with Crippen molar-refractivity contribution in [1.82, 2.24) is 21.7 Å². The van der Waals surface area contributed by atoms with Gasteiger partial charge in [-0.15, -0.1) is 0 Å². The highest BCUT2D eigenvalue weighted by Crippen LogP contribution is 2.21. The van der Waals surface area contributed by atoms with Crippen molar-refractivity contribution in [2.24, 2.45) is 11.8 Å². The highest BCUT2D eigenvalue weighted by atomic mass is 16.3. The van der Waals surface area contributed by atoms with Gasteiger partial charge in [0.25, 0.3) is 11.8 Å². The quantitative estimate of drug-likeness (QED) is 0.207.